The van der Waals surface area contributed by atoms with Crippen molar-refractivity contribution in [3.05, 3.63) is 0 Å². The van der Waals surface area contributed by atoms with Gasteiger partial charge in [-0.3, -0.25) is 0 Å². The molecule has 0 aromatic heterocycles. The fraction of sp³-hybridized carbons (Fsp3) is 1.00. The maximum Gasteiger partial charge on any atom is 0.211 e. The molecule has 98 valence electrons. The maximum absolute atomic E-state index is 11.6. The van der Waals surface area contributed by atoms with Gasteiger partial charge in [0.25, 0.3) is 0 Å². The minimum atomic E-state index is -3.16. The molecule has 0 rings (SSSR count). The Labute approximate surface area is 99.5 Å². The molecule has 0 aromatic rings. The Bertz CT molecular complexity index is 284. The number of rotatable bonds is 8. The van der Waals surface area contributed by atoms with Crippen molar-refractivity contribution in [1.82, 2.24) is 4.72 Å². The van der Waals surface area contributed by atoms with Crippen LogP contribution in [0.1, 0.15) is 40.5 Å². The van der Waals surface area contributed by atoms with Crippen LogP contribution in [-0.2, 0) is 10.0 Å². The first-order valence-electron chi connectivity index (χ1n) is 5.77. The third kappa shape index (κ3) is 8.07. The molecule has 0 aliphatic heterocycles. The van der Waals surface area contributed by atoms with E-state index in [1.54, 1.807) is 0 Å². The van der Waals surface area contributed by atoms with Gasteiger partial charge in [-0.05, 0) is 24.2 Å². The number of sulfonamides is 1. The first kappa shape index (κ1) is 15.9. The Morgan fingerprint density at radius 1 is 1.31 bits per heavy atom. The van der Waals surface area contributed by atoms with E-state index in [4.69, 9.17) is 5.11 Å². The molecule has 0 aliphatic carbocycles. The highest BCUT2D eigenvalue weighted by molar-refractivity contribution is 7.89. The zero-order valence-electron chi connectivity index (χ0n) is 10.8. The monoisotopic (exact) mass is 251 g/mol. The van der Waals surface area contributed by atoms with Crippen LogP contribution in [0.25, 0.3) is 0 Å². The van der Waals surface area contributed by atoms with Crippen molar-refractivity contribution in [1.29, 1.82) is 0 Å². The third-order valence-corrected chi connectivity index (χ3v) is 3.88. The second-order valence-corrected chi connectivity index (χ2v) is 7.39. The number of hydrogen-bond acceptors (Lipinski definition) is 3. The summed E-state index contributed by atoms with van der Waals surface area (Å²) in [4.78, 5) is 0. The highest BCUT2D eigenvalue weighted by Crippen LogP contribution is 2.18. The van der Waals surface area contributed by atoms with Crippen LogP contribution in [0.5, 0.6) is 0 Å². The van der Waals surface area contributed by atoms with Gasteiger partial charge in [0.15, 0.2) is 0 Å². The molecule has 0 fully saturated rings. The second kappa shape index (κ2) is 6.57. The van der Waals surface area contributed by atoms with Crippen molar-refractivity contribution in [2.45, 2.75) is 40.5 Å². The summed E-state index contributed by atoms with van der Waals surface area (Å²) in [6.07, 6.45) is 1.27. The molecule has 0 atom stereocenters. The summed E-state index contributed by atoms with van der Waals surface area (Å²) >= 11 is 0. The second-order valence-electron chi connectivity index (χ2n) is 5.46. The molecule has 0 saturated heterocycles. The minimum Gasteiger partial charge on any atom is -0.396 e. The van der Waals surface area contributed by atoms with Crippen LogP contribution >= 0.6 is 0 Å². The van der Waals surface area contributed by atoms with Gasteiger partial charge in [-0.1, -0.05) is 27.7 Å². The third-order valence-electron chi connectivity index (χ3n) is 2.52. The average Bonchev–Trinajstić information content (AvgIpc) is 2.13. The van der Waals surface area contributed by atoms with Gasteiger partial charge in [0.2, 0.25) is 10.0 Å². The van der Waals surface area contributed by atoms with E-state index in [-0.39, 0.29) is 17.8 Å². The molecule has 0 amide bonds. The van der Waals surface area contributed by atoms with E-state index in [0.717, 1.165) is 0 Å². The molecule has 4 nitrogen and oxygen atoms in total. The van der Waals surface area contributed by atoms with Gasteiger partial charge < -0.3 is 5.11 Å². The van der Waals surface area contributed by atoms with Gasteiger partial charge in [-0.2, -0.15) is 0 Å². The SMILES string of the molecule is CC(C)CCS(=O)(=O)NCC(C)(C)CCO. The van der Waals surface area contributed by atoms with Crippen molar-refractivity contribution in [3.8, 4) is 0 Å². The fourth-order valence-electron chi connectivity index (χ4n) is 1.16. The molecule has 0 spiro atoms. The molecule has 0 radical (unpaired) electrons. The van der Waals surface area contributed by atoms with Crippen LogP contribution in [0, 0.1) is 11.3 Å². The van der Waals surface area contributed by atoms with Crippen LogP contribution in [-0.4, -0.2) is 32.4 Å². The summed E-state index contributed by atoms with van der Waals surface area (Å²) in [5, 5.41) is 8.83. The molecule has 0 aromatic carbocycles. The van der Waals surface area contributed by atoms with Crippen LogP contribution < -0.4 is 4.72 Å². The van der Waals surface area contributed by atoms with Crippen LogP contribution in [0.4, 0.5) is 0 Å². The number of hydrogen-bond donors (Lipinski definition) is 2. The molecule has 0 bridgehead atoms. The Hall–Kier alpha value is -0.130. The summed E-state index contributed by atoms with van der Waals surface area (Å²) in [5.41, 5.74) is -0.195. The average molecular weight is 251 g/mol. The lowest BCUT2D eigenvalue weighted by atomic mass is 9.90. The summed E-state index contributed by atoms with van der Waals surface area (Å²) in [6.45, 7) is 8.35. The molecule has 0 aliphatic rings. The van der Waals surface area contributed by atoms with Gasteiger partial charge in [0.05, 0.1) is 5.75 Å². The highest BCUT2D eigenvalue weighted by atomic mass is 32.2. The Kier molecular flexibility index (Phi) is 6.51. The predicted molar refractivity (Wildman–Crippen MR) is 66.7 cm³/mol. The minimum absolute atomic E-state index is 0.0840. The summed E-state index contributed by atoms with van der Waals surface area (Å²) in [5.74, 6) is 0.571. The maximum atomic E-state index is 11.6. The van der Waals surface area contributed by atoms with E-state index in [9.17, 15) is 8.42 Å². The Morgan fingerprint density at radius 3 is 2.31 bits per heavy atom. The molecule has 0 heterocycles. The zero-order valence-corrected chi connectivity index (χ0v) is 11.6. The van der Waals surface area contributed by atoms with E-state index < -0.39 is 10.0 Å². The fourth-order valence-corrected chi connectivity index (χ4v) is 2.70. The Balaban J connectivity index is 4.08. The first-order chi connectivity index (χ1) is 7.18. The highest BCUT2D eigenvalue weighted by Gasteiger charge is 2.20. The molecular weight excluding hydrogens is 226 g/mol. The predicted octanol–water partition coefficient (Wildman–Crippen LogP) is 1.36. The van der Waals surface area contributed by atoms with E-state index in [1.165, 1.54) is 0 Å². The number of aliphatic hydroxyl groups is 1. The standard InChI is InChI=1S/C11H25NO3S/c1-10(2)5-8-16(14,15)12-9-11(3,4)6-7-13/h10,12-13H,5-9H2,1-4H3. The summed E-state index contributed by atoms with van der Waals surface area (Å²) in [7, 11) is -3.16. The first-order valence-corrected chi connectivity index (χ1v) is 7.42. The molecule has 0 saturated carbocycles. The lowest BCUT2D eigenvalue weighted by molar-refractivity contribution is 0.213. The van der Waals surface area contributed by atoms with Gasteiger partial charge in [0.1, 0.15) is 0 Å². The van der Waals surface area contributed by atoms with Crippen molar-refractivity contribution >= 4 is 10.0 Å². The summed E-state index contributed by atoms with van der Waals surface area (Å²) < 4.78 is 25.8. The summed E-state index contributed by atoms with van der Waals surface area (Å²) in [6, 6.07) is 0. The smallest absolute Gasteiger partial charge is 0.211 e. The molecule has 16 heavy (non-hydrogen) atoms. The molecular formula is C11H25NO3S. The van der Waals surface area contributed by atoms with Gasteiger partial charge in [-0.15, -0.1) is 0 Å². The lowest BCUT2D eigenvalue weighted by Crippen LogP contribution is -2.36. The van der Waals surface area contributed by atoms with Gasteiger partial charge >= 0.3 is 0 Å². The Morgan fingerprint density at radius 2 is 1.88 bits per heavy atom. The lowest BCUT2D eigenvalue weighted by Gasteiger charge is -2.23. The topological polar surface area (TPSA) is 66.4 Å². The molecule has 0 unspecified atom stereocenters. The van der Waals surface area contributed by atoms with Crippen molar-refractivity contribution in [2.24, 2.45) is 11.3 Å². The van der Waals surface area contributed by atoms with E-state index in [2.05, 4.69) is 4.72 Å². The largest absolute Gasteiger partial charge is 0.396 e. The number of nitrogens with one attached hydrogen (secondary N) is 1. The molecule has 2 N–H and O–H groups in total. The van der Waals surface area contributed by atoms with E-state index >= 15 is 0 Å². The van der Waals surface area contributed by atoms with Crippen LogP contribution in [0.2, 0.25) is 0 Å². The number of aliphatic hydroxyl groups excluding tert-OH is 1. The van der Waals surface area contributed by atoms with Crippen molar-refractivity contribution < 1.29 is 13.5 Å². The quantitative estimate of drug-likeness (QED) is 0.684. The van der Waals surface area contributed by atoms with E-state index in [0.29, 0.717) is 25.3 Å². The zero-order chi connectivity index (χ0) is 12.8. The van der Waals surface area contributed by atoms with E-state index in [1.807, 2.05) is 27.7 Å². The van der Waals surface area contributed by atoms with Crippen LogP contribution in [0.15, 0.2) is 0 Å². The molecule has 5 heteroatoms. The van der Waals surface area contributed by atoms with Crippen LogP contribution in [0.3, 0.4) is 0 Å². The van der Waals surface area contributed by atoms with Gasteiger partial charge in [-0.25, -0.2) is 13.1 Å². The normalized spacial score (nSPS) is 13.4. The van der Waals surface area contributed by atoms with Crippen molar-refractivity contribution in [2.75, 3.05) is 18.9 Å². The van der Waals surface area contributed by atoms with Crippen molar-refractivity contribution in [3.63, 3.8) is 0 Å². The van der Waals surface area contributed by atoms with Gasteiger partial charge in [0, 0.05) is 13.2 Å².